The van der Waals surface area contributed by atoms with Gasteiger partial charge in [0.05, 0.1) is 0 Å². The van der Waals surface area contributed by atoms with Crippen molar-refractivity contribution in [1.82, 2.24) is 5.32 Å². The highest BCUT2D eigenvalue weighted by Gasteiger charge is 2.27. The van der Waals surface area contributed by atoms with Crippen LogP contribution in [0.3, 0.4) is 0 Å². The second-order valence-corrected chi connectivity index (χ2v) is 4.06. The molecule has 0 aliphatic heterocycles. The largest absolute Gasteiger partial charge is 0.313 e. The summed E-state index contributed by atoms with van der Waals surface area (Å²) >= 11 is 0. The minimum atomic E-state index is 0.574. The Hall–Kier alpha value is -0.820. The van der Waals surface area contributed by atoms with E-state index in [0.717, 1.165) is 0 Å². The van der Waals surface area contributed by atoms with Gasteiger partial charge in [-0.05, 0) is 43.0 Å². The minimum absolute atomic E-state index is 0.574. The molecule has 1 aliphatic carbocycles. The fraction of sp³-hybridized carbons (Fsp3) is 0.500. The highest BCUT2D eigenvalue weighted by molar-refractivity contribution is 5.42. The molecule has 1 heteroatoms. The Morgan fingerprint density at radius 1 is 1.38 bits per heavy atom. The summed E-state index contributed by atoms with van der Waals surface area (Å²) in [6.07, 6.45) is 1.25. The van der Waals surface area contributed by atoms with Crippen molar-refractivity contribution in [3.8, 4) is 0 Å². The number of nitrogens with one attached hydrogen (secondary N) is 1. The van der Waals surface area contributed by atoms with E-state index in [1.54, 1.807) is 5.56 Å². The van der Waals surface area contributed by atoms with Crippen LogP contribution >= 0.6 is 0 Å². The molecule has 0 bridgehead atoms. The first-order valence-corrected chi connectivity index (χ1v) is 5.00. The summed E-state index contributed by atoms with van der Waals surface area (Å²) in [5.74, 6) is 0.716. The summed E-state index contributed by atoms with van der Waals surface area (Å²) in [5, 5.41) is 3.38. The maximum atomic E-state index is 3.38. The van der Waals surface area contributed by atoms with Crippen LogP contribution in [0.4, 0.5) is 0 Å². The van der Waals surface area contributed by atoms with E-state index >= 15 is 0 Å². The van der Waals surface area contributed by atoms with Gasteiger partial charge in [-0.3, -0.25) is 0 Å². The van der Waals surface area contributed by atoms with E-state index in [1.807, 2.05) is 0 Å². The van der Waals surface area contributed by atoms with Crippen LogP contribution in [-0.4, -0.2) is 7.05 Å². The van der Waals surface area contributed by atoms with Gasteiger partial charge in [-0.25, -0.2) is 0 Å². The molecule has 1 aromatic carbocycles. The molecule has 2 atom stereocenters. The van der Waals surface area contributed by atoms with Crippen LogP contribution in [0.2, 0.25) is 0 Å². The maximum Gasteiger partial charge on any atom is 0.0326 e. The number of rotatable bonds is 1. The number of aryl methyl sites for hydroxylation is 1. The Balaban J connectivity index is 2.51. The fourth-order valence-electron chi connectivity index (χ4n) is 2.55. The molecular weight excluding hydrogens is 158 g/mol. The number of benzene rings is 1. The number of fused-ring (bicyclic) bond motifs is 1. The number of hydrogen-bond acceptors (Lipinski definition) is 1. The lowest BCUT2D eigenvalue weighted by Crippen LogP contribution is -2.12. The predicted octanol–water partition coefficient (Wildman–Crippen LogP) is 2.76. The van der Waals surface area contributed by atoms with Crippen LogP contribution in [0.1, 0.15) is 42.0 Å². The van der Waals surface area contributed by atoms with E-state index in [1.165, 1.54) is 17.5 Å². The van der Waals surface area contributed by atoms with Crippen LogP contribution < -0.4 is 5.32 Å². The monoisotopic (exact) mass is 175 g/mol. The first-order valence-electron chi connectivity index (χ1n) is 5.00. The average molecular weight is 175 g/mol. The molecule has 1 N–H and O–H groups in total. The molecular formula is C12H17N. The summed E-state index contributed by atoms with van der Waals surface area (Å²) in [5.41, 5.74) is 4.53. The SMILES string of the molecule is CNC1CC(C)c2c(C)cccc21. The Kier molecular flexibility index (Phi) is 2.12. The molecule has 1 aromatic rings. The van der Waals surface area contributed by atoms with Gasteiger partial charge >= 0.3 is 0 Å². The van der Waals surface area contributed by atoms with Crippen LogP contribution in [0.5, 0.6) is 0 Å². The molecule has 0 heterocycles. The molecule has 0 amide bonds. The standard InChI is InChI=1S/C12H17N/c1-8-5-4-6-10-11(13-3)7-9(2)12(8)10/h4-6,9,11,13H,7H2,1-3H3. The second-order valence-electron chi connectivity index (χ2n) is 4.06. The third-order valence-corrected chi connectivity index (χ3v) is 3.16. The van der Waals surface area contributed by atoms with Gasteiger partial charge in [-0.1, -0.05) is 25.1 Å². The van der Waals surface area contributed by atoms with E-state index in [9.17, 15) is 0 Å². The second kappa shape index (κ2) is 3.15. The van der Waals surface area contributed by atoms with Crippen LogP contribution in [0.15, 0.2) is 18.2 Å². The van der Waals surface area contributed by atoms with Crippen molar-refractivity contribution in [1.29, 1.82) is 0 Å². The van der Waals surface area contributed by atoms with Gasteiger partial charge in [0.2, 0.25) is 0 Å². The molecule has 0 spiro atoms. The third kappa shape index (κ3) is 1.28. The molecule has 0 saturated heterocycles. The highest BCUT2D eigenvalue weighted by atomic mass is 14.9. The summed E-state index contributed by atoms with van der Waals surface area (Å²) < 4.78 is 0. The van der Waals surface area contributed by atoms with E-state index in [2.05, 4.69) is 44.4 Å². The Morgan fingerprint density at radius 2 is 2.15 bits per heavy atom. The van der Waals surface area contributed by atoms with Crippen molar-refractivity contribution < 1.29 is 0 Å². The molecule has 0 radical (unpaired) electrons. The topological polar surface area (TPSA) is 12.0 Å². The van der Waals surface area contributed by atoms with E-state index in [0.29, 0.717) is 12.0 Å². The molecule has 1 aliphatic rings. The summed E-state index contributed by atoms with van der Waals surface area (Å²) in [7, 11) is 2.05. The van der Waals surface area contributed by atoms with Gasteiger partial charge in [0, 0.05) is 6.04 Å². The number of hydrogen-bond donors (Lipinski definition) is 1. The molecule has 70 valence electrons. The minimum Gasteiger partial charge on any atom is -0.313 e. The van der Waals surface area contributed by atoms with Crippen LogP contribution in [0.25, 0.3) is 0 Å². The van der Waals surface area contributed by atoms with Gasteiger partial charge in [0.15, 0.2) is 0 Å². The van der Waals surface area contributed by atoms with Crippen molar-refractivity contribution >= 4 is 0 Å². The van der Waals surface area contributed by atoms with Crippen molar-refractivity contribution in [2.75, 3.05) is 7.05 Å². The predicted molar refractivity (Wildman–Crippen MR) is 56.0 cm³/mol. The summed E-state index contributed by atoms with van der Waals surface area (Å²) in [6, 6.07) is 7.21. The lowest BCUT2D eigenvalue weighted by atomic mass is 9.98. The normalized spacial score (nSPS) is 26.1. The van der Waals surface area contributed by atoms with Crippen molar-refractivity contribution in [2.24, 2.45) is 0 Å². The molecule has 2 rings (SSSR count). The quantitative estimate of drug-likeness (QED) is 0.692. The Bertz CT molecular complexity index is 317. The zero-order valence-corrected chi connectivity index (χ0v) is 8.59. The average Bonchev–Trinajstić information content (AvgIpc) is 2.44. The highest BCUT2D eigenvalue weighted by Crippen LogP contribution is 2.41. The van der Waals surface area contributed by atoms with E-state index in [4.69, 9.17) is 0 Å². The zero-order valence-electron chi connectivity index (χ0n) is 8.59. The molecule has 1 nitrogen and oxygen atoms in total. The lowest BCUT2D eigenvalue weighted by molar-refractivity contribution is 0.552. The van der Waals surface area contributed by atoms with Gasteiger partial charge in [0.1, 0.15) is 0 Å². The molecule has 2 unspecified atom stereocenters. The van der Waals surface area contributed by atoms with Gasteiger partial charge in [0.25, 0.3) is 0 Å². The Labute approximate surface area is 80.2 Å². The molecule has 13 heavy (non-hydrogen) atoms. The van der Waals surface area contributed by atoms with Crippen LogP contribution in [0, 0.1) is 6.92 Å². The van der Waals surface area contributed by atoms with Crippen molar-refractivity contribution in [3.63, 3.8) is 0 Å². The van der Waals surface area contributed by atoms with Crippen LogP contribution in [-0.2, 0) is 0 Å². The van der Waals surface area contributed by atoms with Gasteiger partial charge in [-0.15, -0.1) is 0 Å². The van der Waals surface area contributed by atoms with Gasteiger partial charge < -0.3 is 5.32 Å². The zero-order chi connectivity index (χ0) is 9.42. The summed E-state index contributed by atoms with van der Waals surface area (Å²) in [6.45, 7) is 4.54. The maximum absolute atomic E-state index is 3.38. The summed E-state index contributed by atoms with van der Waals surface area (Å²) in [4.78, 5) is 0. The Morgan fingerprint density at radius 3 is 2.85 bits per heavy atom. The first kappa shape index (κ1) is 8.76. The van der Waals surface area contributed by atoms with Crippen molar-refractivity contribution in [3.05, 3.63) is 34.9 Å². The molecule has 0 fully saturated rings. The molecule has 0 saturated carbocycles. The van der Waals surface area contributed by atoms with Gasteiger partial charge in [-0.2, -0.15) is 0 Å². The smallest absolute Gasteiger partial charge is 0.0326 e. The fourth-order valence-corrected chi connectivity index (χ4v) is 2.55. The van der Waals surface area contributed by atoms with E-state index in [-0.39, 0.29) is 0 Å². The van der Waals surface area contributed by atoms with Crippen molar-refractivity contribution in [2.45, 2.75) is 32.2 Å². The third-order valence-electron chi connectivity index (χ3n) is 3.16. The first-order chi connectivity index (χ1) is 6.24. The lowest BCUT2D eigenvalue weighted by Gasteiger charge is -2.09. The molecule has 0 aromatic heterocycles. The van der Waals surface area contributed by atoms with E-state index < -0.39 is 0 Å².